The van der Waals surface area contributed by atoms with Gasteiger partial charge in [-0.15, -0.1) is 5.10 Å². The van der Waals surface area contributed by atoms with Gasteiger partial charge in [-0.1, -0.05) is 45.6 Å². The number of hydrogen-bond acceptors (Lipinski definition) is 6. The number of rotatable bonds is 5. The van der Waals surface area contributed by atoms with Gasteiger partial charge < -0.3 is 13.9 Å². The molecule has 1 saturated heterocycles. The summed E-state index contributed by atoms with van der Waals surface area (Å²) in [7, 11) is -0.735. The standard InChI is InChI=1S/C21H31N3O4Si/c1-9-16-13(2)18(28-29(7,8)21(3,4)5)19(27-16)24-15-12-10-11-14(20(25)26-6)17(15)22-23-24/h10-12,16,18-19H,2,9H2,1,3-8H3/t16-,18-,19-/m1/s1. The van der Waals surface area contributed by atoms with Crippen molar-refractivity contribution in [2.75, 3.05) is 7.11 Å². The number of esters is 1. The highest BCUT2D eigenvalue weighted by Crippen LogP contribution is 2.44. The Bertz CT molecular complexity index is 932. The predicted molar refractivity (Wildman–Crippen MR) is 114 cm³/mol. The highest BCUT2D eigenvalue weighted by atomic mass is 28.4. The molecule has 7 nitrogen and oxygen atoms in total. The van der Waals surface area contributed by atoms with Crippen molar-refractivity contribution < 1.29 is 18.7 Å². The number of benzene rings is 1. The molecule has 1 aliphatic rings. The lowest BCUT2D eigenvalue weighted by atomic mass is 10.1. The molecule has 3 atom stereocenters. The maximum atomic E-state index is 12.1. The van der Waals surface area contributed by atoms with Crippen molar-refractivity contribution in [1.82, 2.24) is 15.0 Å². The first-order valence-electron chi connectivity index (χ1n) is 9.96. The van der Waals surface area contributed by atoms with E-state index in [0.29, 0.717) is 16.6 Å². The van der Waals surface area contributed by atoms with E-state index in [1.54, 1.807) is 16.8 Å². The molecule has 0 saturated carbocycles. The van der Waals surface area contributed by atoms with E-state index in [2.05, 4.69) is 57.7 Å². The quantitative estimate of drug-likeness (QED) is 0.406. The molecule has 0 radical (unpaired) electrons. The van der Waals surface area contributed by atoms with Crippen LogP contribution >= 0.6 is 0 Å². The summed E-state index contributed by atoms with van der Waals surface area (Å²) in [5, 5.41) is 8.62. The zero-order valence-corrected chi connectivity index (χ0v) is 19.4. The maximum Gasteiger partial charge on any atom is 0.340 e. The summed E-state index contributed by atoms with van der Waals surface area (Å²) in [6.07, 6.45) is -0.128. The van der Waals surface area contributed by atoms with Gasteiger partial charge >= 0.3 is 5.97 Å². The normalized spacial score (nSPS) is 23.0. The molecule has 3 rings (SSSR count). The zero-order chi connectivity index (χ0) is 21.6. The van der Waals surface area contributed by atoms with Crippen molar-refractivity contribution in [3.8, 4) is 0 Å². The molecule has 0 bridgehead atoms. The lowest BCUT2D eigenvalue weighted by Crippen LogP contribution is -2.45. The average Bonchev–Trinajstić information content (AvgIpc) is 3.21. The lowest BCUT2D eigenvalue weighted by Gasteiger charge is -2.39. The van der Waals surface area contributed by atoms with Crippen molar-refractivity contribution in [3.63, 3.8) is 0 Å². The van der Waals surface area contributed by atoms with Crippen molar-refractivity contribution >= 4 is 25.3 Å². The minimum Gasteiger partial charge on any atom is -0.465 e. The number of carbonyl (C=O) groups is 1. The first-order chi connectivity index (χ1) is 13.5. The summed E-state index contributed by atoms with van der Waals surface area (Å²) >= 11 is 0. The number of fused-ring (bicyclic) bond motifs is 1. The van der Waals surface area contributed by atoms with Crippen molar-refractivity contribution in [2.45, 2.75) is 70.7 Å². The van der Waals surface area contributed by atoms with Gasteiger partial charge in [0.15, 0.2) is 14.5 Å². The Balaban J connectivity index is 2.06. The fraction of sp³-hybridized carbons (Fsp3) is 0.571. The third kappa shape index (κ3) is 3.76. The SMILES string of the molecule is C=C1[C@@H](O[Si](C)(C)C(C)(C)C)[C@H](n2nnc3c(C(=O)OC)cccc32)O[C@@H]1CC. The number of ether oxygens (including phenoxy) is 2. The first kappa shape index (κ1) is 21.7. The summed E-state index contributed by atoms with van der Waals surface area (Å²) in [6.45, 7) is 17.4. The monoisotopic (exact) mass is 417 g/mol. The third-order valence-electron chi connectivity index (χ3n) is 6.09. The Morgan fingerprint density at radius 1 is 1.34 bits per heavy atom. The van der Waals surface area contributed by atoms with Gasteiger partial charge in [0.2, 0.25) is 0 Å². The molecule has 1 aromatic heterocycles. The smallest absolute Gasteiger partial charge is 0.340 e. The van der Waals surface area contributed by atoms with Gasteiger partial charge in [0.05, 0.1) is 24.3 Å². The number of hydrogen-bond donors (Lipinski definition) is 0. The minimum absolute atomic E-state index is 0.0462. The molecule has 2 heterocycles. The van der Waals surface area contributed by atoms with E-state index in [1.807, 2.05) is 6.07 Å². The number of methoxy groups -OCH3 is 1. The van der Waals surface area contributed by atoms with E-state index in [0.717, 1.165) is 12.0 Å². The molecule has 29 heavy (non-hydrogen) atoms. The summed E-state index contributed by atoms with van der Waals surface area (Å²) in [5.41, 5.74) is 2.49. The van der Waals surface area contributed by atoms with Crippen LogP contribution in [0.3, 0.4) is 0 Å². The zero-order valence-electron chi connectivity index (χ0n) is 18.4. The van der Waals surface area contributed by atoms with Crippen LogP contribution in [0.5, 0.6) is 0 Å². The maximum absolute atomic E-state index is 12.1. The van der Waals surface area contributed by atoms with E-state index >= 15 is 0 Å². The van der Waals surface area contributed by atoms with Crippen LogP contribution in [0.1, 0.15) is 50.7 Å². The highest BCUT2D eigenvalue weighted by Gasteiger charge is 2.47. The Morgan fingerprint density at radius 2 is 2.03 bits per heavy atom. The van der Waals surface area contributed by atoms with Crippen molar-refractivity contribution in [1.29, 1.82) is 0 Å². The Kier molecular flexibility index (Phi) is 5.72. The fourth-order valence-corrected chi connectivity index (χ4v) is 4.55. The van der Waals surface area contributed by atoms with Gasteiger partial charge in [-0.2, -0.15) is 0 Å². The molecular weight excluding hydrogens is 386 g/mol. The van der Waals surface area contributed by atoms with Crippen LogP contribution in [0.25, 0.3) is 11.0 Å². The van der Waals surface area contributed by atoms with Crippen molar-refractivity contribution in [2.24, 2.45) is 0 Å². The van der Waals surface area contributed by atoms with E-state index in [-0.39, 0.29) is 17.2 Å². The molecule has 2 aromatic rings. The largest absolute Gasteiger partial charge is 0.465 e. The topological polar surface area (TPSA) is 75.5 Å². The second-order valence-corrected chi connectivity index (χ2v) is 13.8. The molecule has 158 valence electrons. The van der Waals surface area contributed by atoms with Crippen LogP contribution in [-0.2, 0) is 13.9 Å². The molecule has 0 N–H and O–H groups in total. The predicted octanol–water partition coefficient (Wildman–Crippen LogP) is 4.47. The van der Waals surface area contributed by atoms with Gasteiger partial charge in [0.1, 0.15) is 11.6 Å². The van der Waals surface area contributed by atoms with E-state index in [9.17, 15) is 4.79 Å². The Morgan fingerprint density at radius 3 is 2.62 bits per heavy atom. The summed E-state index contributed by atoms with van der Waals surface area (Å²) in [5.74, 6) is -0.445. The molecule has 0 unspecified atom stereocenters. The van der Waals surface area contributed by atoms with Gasteiger partial charge in [0, 0.05) is 0 Å². The number of carbonyl (C=O) groups excluding carboxylic acids is 1. The Labute approximate surface area is 173 Å². The fourth-order valence-electron chi connectivity index (χ4n) is 3.29. The van der Waals surface area contributed by atoms with Crippen LogP contribution < -0.4 is 0 Å². The third-order valence-corrected chi connectivity index (χ3v) is 10.5. The number of aromatic nitrogens is 3. The van der Waals surface area contributed by atoms with E-state index < -0.39 is 20.5 Å². The van der Waals surface area contributed by atoms with Gasteiger partial charge in [-0.25, -0.2) is 9.48 Å². The molecule has 8 heteroatoms. The van der Waals surface area contributed by atoms with Gasteiger partial charge in [-0.05, 0) is 42.3 Å². The van der Waals surface area contributed by atoms with E-state index in [4.69, 9.17) is 13.9 Å². The van der Waals surface area contributed by atoms with Gasteiger partial charge in [0.25, 0.3) is 0 Å². The lowest BCUT2D eigenvalue weighted by molar-refractivity contribution is -0.0397. The van der Waals surface area contributed by atoms with E-state index in [1.165, 1.54) is 7.11 Å². The molecule has 1 fully saturated rings. The number of nitrogens with zero attached hydrogens (tertiary/aromatic N) is 3. The summed E-state index contributed by atoms with van der Waals surface area (Å²) in [4.78, 5) is 12.1. The highest BCUT2D eigenvalue weighted by molar-refractivity contribution is 6.74. The van der Waals surface area contributed by atoms with Crippen LogP contribution in [0.15, 0.2) is 30.4 Å². The molecular formula is C21H31N3O4Si. The second-order valence-electron chi connectivity index (χ2n) is 9.00. The first-order valence-corrected chi connectivity index (χ1v) is 12.9. The van der Waals surface area contributed by atoms with Gasteiger partial charge in [-0.3, -0.25) is 0 Å². The van der Waals surface area contributed by atoms with Crippen LogP contribution in [0, 0.1) is 0 Å². The molecule has 0 amide bonds. The average molecular weight is 418 g/mol. The Hall–Kier alpha value is -2.03. The van der Waals surface area contributed by atoms with Crippen LogP contribution in [-0.4, -0.2) is 48.6 Å². The molecule has 1 aromatic carbocycles. The molecule has 1 aliphatic heterocycles. The van der Waals surface area contributed by atoms with Crippen molar-refractivity contribution in [3.05, 3.63) is 35.9 Å². The van der Waals surface area contributed by atoms with Crippen LogP contribution in [0.2, 0.25) is 18.1 Å². The second kappa shape index (κ2) is 7.66. The van der Waals surface area contributed by atoms with Crippen LogP contribution in [0.4, 0.5) is 0 Å². The molecule has 0 spiro atoms. The molecule has 0 aliphatic carbocycles. The minimum atomic E-state index is -2.09. The summed E-state index contributed by atoms with van der Waals surface area (Å²) in [6, 6.07) is 5.34. The summed E-state index contributed by atoms with van der Waals surface area (Å²) < 4.78 is 19.6.